The summed E-state index contributed by atoms with van der Waals surface area (Å²) in [5.74, 6) is -1.41. The molecule has 0 radical (unpaired) electrons. The number of benzene rings is 1. The molecule has 4 amide bonds. The minimum atomic E-state index is -3.54. The van der Waals surface area contributed by atoms with Crippen LogP contribution in [-0.2, 0) is 21.4 Å². The van der Waals surface area contributed by atoms with Gasteiger partial charge in [-0.15, -0.1) is 0 Å². The van der Waals surface area contributed by atoms with E-state index in [0.29, 0.717) is 18.4 Å². The highest BCUT2D eigenvalue weighted by Gasteiger charge is 2.51. The average molecular weight is 449 g/mol. The molecule has 4 rings (SSSR count). The van der Waals surface area contributed by atoms with Gasteiger partial charge in [0.1, 0.15) is 0 Å². The third kappa shape index (κ3) is 4.18. The third-order valence-corrected chi connectivity index (χ3v) is 8.85. The van der Waals surface area contributed by atoms with Crippen molar-refractivity contribution in [3.63, 3.8) is 0 Å². The Hall–Kier alpha value is -2.46. The lowest BCUT2D eigenvalue weighted by Gasteiger charge is -2.47. The number of nitrogens with zero attached hydrogens (tertiary/aromatic N) is 2. The van der Waals surface area contributed by atoms with Crippen molar-refractivity contribution in [1.29, 1.82) is 0 Å². The van der Waals surface area contributed by atoms with E-state index in [9.17, 15) is 22.8 Å². The monoisotopic (exact) mass is 448 g/mol. The molecular formula is C21H28N4O5S. The molecule has 3 fully saturated rings. The summed E-state index contributed by atoms with van der Waals surface area (Å²) >= 11 is 0. The number of carbonyl (C=O) groups is 3. The molecule has 1 aromatic carbocycles. The molecule has 3 atom stereocenters. The van der Waals surface area contributed by atoms with E-state index in [1.807, 2.05) is 6.92 Å². The highest BCUT2D eigenvalue weighted by Crippen LogP contribution is 2.40. The fraction of sp³-hybridized carbons (Fsp3) is 0.571. The molecular weight excluding hydrogens is 420 g/mol. The van der Waals surface area contributed by atoms with E-state index in [-0.39, 0.29) is 30.5 Å². The number of nitrogens with one attached hydrogen (secondary N) is 1. The van der Waals surface area contributed by atoms with Crippen molar-refractivity contribution < 1.29 is 22.8 Å². The van der Waals surface area contributed by atoms with Crippen LogP contribution in [0.2, 0.25) is 0 Å². The maximum absolute atomic E-state index is 12.9. The number of hydrogen-bond donors (Lipinski definition) is 2. The zero-order valence-electron chi connectivity index (χ0n) is 17.7. The number of amides is 4. The molecule has 1 aromatic rings. The van der Waals surface area contributed by atoms with Crippen LogP contribution in [0.1, 0.15) is 54.9 Å². The second kappa shape index (κ2) is 7.59. The van der Waals surface area contributed by atoms with Gasteiger partial charge < -0.3 is 10.6 Å². The van der Waals surface area contributed by atoms with Gasteiger partial charge >= 0.3 is 6.03 Å². The summed E-state index contributed by atoms with van der Waals surface area (Å²) in [7, 11) is -2.10. The van der Waals surface area contributed by atoms with Crippen LogP contribution in [0.15, 0.2) is 24.3 Å². The molecule has 1 saturated heterocycles. The lowest BCUT2D eigenvalue weighted by atomic mass is 9.80. The number of primary amides is 1. The minimum absolute atomic E-state index is 0.198. The quantitative estimate of drug-likeness (QED) is 0.675. The van der Waals surface area contributed by atoms with Gasteiger partial charge in [-0.25, -0.2) is 17.9 Å². The number of rotatable bonds is 6. The van der Waals surface area contributed by atoms with Gasteiger partial charge in [-0.3, -0.25) is 14.5 Å². The normalized spacial score (nSPS) is 27.7. The smallest absolute Gasteiger partial charge is 0.327 e. The number of hydrogen-bond acceptors (Lipinski definition) is 5. The Morgan fingerprint density at radius 1 is 1.19 bits per heavy atom. The number of imide groups is 1. The summed E-state index contributed by atoms with van der Waals surface area (Å²) in [6.07, 6.45) is 2.68. The highest BCUT2D eigenvalue weighted by molar-refractivity contribution is 7.90. The predicted octanol–water partition coefficient (Wildman–Crippen LogP) is 1.19. The lowest BCUT2D eigenvalue weighted by molar-refractivity contribution is -0.139. The van der Waals surface area contributed by atoms with Gasteiger partial charge in [-0.2, -0.15) is 0 Å². The average Bonchev–Trinajstić information content (AvgIpc) is 3.45. The first-order valence-electron chi connectivity index (χ1n) is 10.5. The van der Waals surface area contributed by atoms with E-state index in [2.05, 4.69) is 4.72 Å². The Morgan fingerprint density at radius 3 is 2.42 bits per heavy atom. The van der Waals surface area contributed by atoms with Crippen molar-refractivity contribution >= 4 is 27.9 Å². The lowest BCUT2D eigenvalue weighted by Crippen LogP contribution is -2.62. The predicted molar refractivity (Wildman–Crippen MR) is 113 cm³/mol. The number of sulfonamides is 1. The minimum Gasteiger partial charge on any atom is -0.366 e. The fourth-order valence-electron chi connectivity index (χ4n) is 4.59. The van der Waals surface area contributed by atoms with Crippen LogP contribution in [0.5, 0.6) is 0 Å². The molecule has 0 aromatic heterocycles. The molecule has 168 valence electrons. The fourth-order valence-corrected chi connectivity index (χ4v) is 6.55. The van der Waals surface area contributed by atoms with Crippen LogP contribution < -0.4 is 10.5 Å². The molecule has 9 nitrogen and oxygen atoms in total. The Labute approximate surface area is 182 Å². The van der Waals surface area contributed by atoms with Crippen LogP contribution in [0.4, 0.5) is 4.79 Å². The molecule has 3 unspecified atom stereocenters. The molecule has 0 bridgehead atoms. The van der Waals surface area contributed by atoms with Crippen LogP contribution in [-0.4, -0.2) is 59.9 Å². The van der Waals surface area contributed by atoms with E-state index < -0.39 is 33.1 Å². The Morgan fingerprint density at radius 2 is 1.84 bits per heavy atom. The van der Waals surface area contributed by atoms with Gasteiger partial charge in [0.05, 0.1) is 11.2 Å². The molecule has 3 N–H and O–H groups in total. The van der Waals surface area contributed by atoms with Gasteiger partial charge in [0.15, 0.2) is 0 Å². The molecule has 1 aliphatic heterocycles. The molecule has 3 aliphatic rings. The van der Waals surface area contributed by atoms with Crippen molar-refractivity contribution in [3.8, 4) is 0 Å². The maximum atomic E-state index is 12.9. The first kappa shape index (κ1) is 21.8. The molecule has 31 heavy (non-hydrogen) atoms. The largest absolute Gasteiger partial charge is 0.366 e. The van der Waals surface area contributed by atoms with Crippen LogP contribution in [0.3, 0.4) is 0 Å². The zero-order chi connectivity index (χ0) is 22.6. The first-order chi connectivity index (χ1) is 14.5. The standard InChI is InChI=1S/C21H28N4O5S/c1-21(9-10-21)23-31(29,30)15-7-8-17-16(11-15)19(27)24(2)20(28)25(17)12-13-3-5-14(6-4-13)18(22)26/h3-6,15-17,23H,7-12H2,1-2H3,(H2,22,26). The van der Waals surface area contributed by atoms with Crippen molar-refractivity contribution in [1.82, 2.24) is 14.5 Å². The van der Waals surface area contributed by atoms with Gasteiger partial charge in [0.2, 0.25) is 21.8 Å². The number of urea groups is 1. The van der Waals surface area contributed by atoms with Crippen molar-refractivity contribution in [2.24, 2.45) is 11.7 Å². The van der Waals surface area contributed by atoms with Crippen LogP contribution in [0, 0.1) is 5.92 Å². The molecule has 2 saturated carbocycles. The Bertz CT molecular complexity index is 1020. The Balaban J connectivity index is 1.53. The van der Waals surface area contributed by atoms with E-state index in [0.717, 1.165) is 23.3 Å². The summed E-state index contributed by atoms with van der Waals surface area (Å²) in [6, 6.07) is 5.92. The molecule has 2 aliphatic carbocycles. The van der Waals surface area contributed by atoms with Crippen LogP contribution >= 0.6 is 0 Å². The SMILES string of the molecule is CN1C(=O)C2CC(S(=O)(=O)NC3(C)CC3)CCC2N(Cc2ccc(C(N)=O)cc2)C1=O. The van der Waals surface area contributed by atoms with E-state index in [1.165, 1.54) is 7.05 Å². The van der Waals surface area contributed by atoms with Gasteiger partial charge in [0, 0.05) is 30.7 Å². The van der Waals surface area contributed by atoms with Crippen molar-refractivity contribution in [2.45, 2.75) is 62.4 Å². The number of fused-ring (bicyclic) bond motifs is 1. The van der Waals surface area contributed by atoms with Gasteiger partial charge in [-0.1, -0.05) is 12.1 Å². The second-order valence-corrected chi connectivity index (χ2v) is 11.1. The molecule has 10 heteroatoms. The number of nitrogens with two attached hydrogens (primary N) is 1. The molecule has 0 spiro atoms. The molecule has 1 heterocycles. The first-order valence-corrected chi connectivity index (χ1v) is 12.1. The maximum Gasteiger partial charge on any atom is 0.327 e. The van der Waals surface area contributed by atoms with E-state index >= 15 is 0 Å². The van der Waals surface area contributed by atoms with E-state index in [1.54, 1.807) is 29.2 Å². The Kier molecular flexibility index (Phi) is 5.33. The summed E-state index contributed by atoms with van der Waals surface area (Å²) in [4.78, 5) is 39.8. The summed E-state index contributed by atoms with van der Waals surface area (Å²) < 4.78 is 28.5. The second-order valence-electron chi connectivity index (χ2n) is 9.19. The van der Waals surface area contributed by atoms with Crippen molar-refractivity contribution in [3.05, 3.63) is 35.4 Å². The zero-order valence-corrected chi connectivity index (χ0v) is 18.5. The number of carbonyl (C=O) groups excluding carboxylic acids is 3. The topological polar surface area (TPSA) is 130 Å². The third-order valence-electron chi connectivity index (χ3n) is 6.77. The summed E-state index contributed by atoms with van der Waals surface area (Å²) in [5.41, 5.74) is 6.10. The summed E-state index contributed by atoms with van der Waals surface area (Å²) in [6.45, 7) is 2.16. The summed E-state index contributed by atoms with van der Waals surface area (Å²) in [5, 5.41) is -0.645. The van der Waals surface area contributed by atoms with Gasteiger partial charge in [0.25, 0.3) is 0 Å². The van der Waals surface area contributed by atoms with Crippen LogP contribution in [0.25, 0.3) is 0 Å². The highest BCUT2D eigenvalue weighted by atomic mass is 32.2. The van der Waals surface area contributed by atoms with Crippen molar-refractivity contribution in [2.75, 3.05) is 7.05 Å². The van der Waals surface area contributed by atoms with E-state index in [4.69, 9.17) is 5.73 Å². The van der Waals surface area contributed by atoms with Gasteiger partial charge in [-0.05, 0) is 56.7 Å².